The summed E-state index contributed by atoms with van der Waals surface area (Å²) in [4.78, 5) is 11.3. The summed E-state index contributed by atoms with van der Waals surface area (Å²) in [6.07, 6.45) is -4.49. The Balaban J connectivity index is 2.85. The molecule has 0 bridgehead atoms. The number of phenolic OH excluding ortho intramolecular Hbond substituents is 1. The summed E-state index contributed by atoms with van der Waals surface area (Å²) in [5.74, 6) is -1.37. The predicted octanol–water partition coefficient (Wildman–Crippen LogP) is 1.85. The molecule has 0 aliphatic rings. The zero-order valence-electron chi connectivity index (χ0n) is 10.6. The Kier molecular flexibility index (Phi) is 5.20. The van der Waals surface area contributed by atoms with E-state index in [0.717, 1.165) is 4.90 Å². The van der Waals surface area contributed by atoms with Crippen molar-refractivity contribution in [2.24, 2.45) is 0 Å². The molecule has 0 atom stereocenters. The molecule has 8 heteroatoms. The van der Waals surface area contributed by atoms with Gasteiger partial charge < -0.3 is 14.9 Å². The number of ether oxygens (including phenoxy) is 1. The molecule has 1 aromatic rings. The number of carboxylic acid groups (broad SMARTS) is 1. The Morgan fingerprint density at radius 2 is 2.05 bits per heavy atom. The van der Waals surface area contributed by atoms with Crippen molar-refractivity contribution in [2.75, 3.05) is 20.2 Å². The van der Waals surface area contributed by atoms with Gasteiger partial charge in [0.2, 0.25) is 0 Å². The second-order valence-electron chi connectivity index (χ2n) is 4.16. The van der Waals surface area contributed by atoms with Gasteiger partial charge in [-0.2, -0.15) is 13.2 Å². The van der Waals surface area contributed by atoms with E-state index in [4.69, 9.17) is 9.84 Å². The van der Waals surface area contributed by atoms with Gasteiger partial charge >= 0.3 is 12.1 Å². The molecule has 112 valence electrons. The quantitative estimate of drug-likeness (QED) is 0.837. The van der Waals surface area contributed by atoms with Gasteiger partial charge in [-0.05, 0) is 17.7 Å². The van der Waals surface area contributed by atoms with Gasteiger partial charge in [0.1, 0.15) is 0 Å². The van der Waals surface area contributed by atoms with Crippen LogP contribution in [0.3, 0.4) is 0 Å². The fraction of sp³-hybridized carbons (Fsp3) is 0.417. The molecule has 0 aliphatic carbocycles. The largest absolute Gasteiger partial charge is 0.504 e. The first kappa shape index (κ1) is 16.1. The van der Waals surface area contributed by atoms with Gasteiger partial charge in [-0.1, -0.05) is 6.07 Å². The van der Waals surface area contributed by atoms with Gasteiger partial charge in [-0.15, -0.1) is 0 Å². The van der Waals surface area contributed by atoms with E-state index in [0.29, 0.717) is 5.56 Å². The maximum absolute atomic E-state index is 12.4. The van der Waals surface area contributed by atoms with Crippen molar-refractivity contribution < 1.29 is 32.9 Å². The SMILES string of the molecule is COc1cc(CN(CC(=O)O)CC(F)(F)F)ccc1O. The van der Waals surface area contributed by atoms with Crippen LogP contribution in [0.4, 0.5) is 13.2 Å². The minimum absolute atomic E-state index is 0.116. The molecule has 1 rings (SSSR count). The first-order valence-corrected chi connectivity index (χ1v) is 5.58. The summed E-state index contributed by atoms with van der Waals surface area (Å²) in [6, 6.07) is 4.05. The minimum Gasteiger partial charge on any atom is -0.504 e. The fourth-order valence-corrected chi connectivity index (χ4v) is 1.69. The van der Waals surface area contributed by atoms with Crippen LogP contribution in [0, 0.1) is 0 Å². The molecular weight excluding hydrogens is 279 g/mol. The molecule has 0 saturated heterocycles. The van der Waals surface area contributed by atoms with Crippen LogP contribution >= 0.6 is 0 Å². The Labute approximate surface area is 113 Å². The lowest BCUT2D eigenvalue weighted by atomic mass is 10.2. The van der Waals surface area contributed by atoms with Gasteiger partial charge in [0.25, 0.3) is 0 Å². The number of aromatic hydroxyl groups is 1. The maximum Gasteiger partial charge on any atom is 0.401 e. The summed E-state index contributed by atoms with van der Waals surface area (Å²) in [5, 5.41) is 18.0. The Morgan fingerprint density at radius 3 is 2.55 bits per heavy atom. The second-order valence-corrected chi connectivity index (χ2v) is 4.16. The van der Waals surface area contributed by atoms with E-state index in [2.05, 4.69) is 0 Å². The zero-order valence-corrected chi connectivity index (χ0v) is 10.6. The number of rotatable bonds is 6. The van der Waals surface area contributed by atoms with Crippen molar-refractivity contribution in [1.82, 2.24) is 4.90 Å². The van der Waals surface area contributed by atoms with Crippen molar-refractivity contribution in [1.29, 1.82) is 0 Å². The number of hydrogen-bond acceptors (Lipinski definition) is 4. The molecule has 0 fully saturated rings. The van der Waals surface area contributed by atoms with E-state index < -0.39 is 25.2 Å². The number of nitrogens with zero attached hydrogens (tertiary/aromatic N) is 1. The number of hydrogen-bond donors (Lipinski definition) is 2. The number of phenols is 1. The summed E-state index contributed by atoms with van der Waals surface area (Å²) in [7, 11) is 1.31. The smallest absolute Gasteiger partial charge is 0.401 e. The van der Waals surface area contributed by atoms with Crippen molar-refractivity contribution >= 4 is 5.97 Å². The highest BCUT2D eigenvalue weighted by atomic mass is 19.4. The van der Waals surface area contributed by atoms with Gasteiger partial charge in [0, 0.05) is 6.54 Å². The molecule has 2 N–H and O–H groups in total. The topological polar surface area (TPSA) is 70.0 Å². The molecular formula is C12H14F3NO4. The number of carboxylic acids is 1. The lowest BCUT2D eigenvalue weighted by Gasteiger charge is -2.22. The molecule has 0 heterocycles. The average molecular weight is 293 g/mol. The van der Waals surface area contributed by atoms with E-state index >= 15 is 0 Å². The van der Waals surface area contributed by atoms with E-state index in [9.17, 15) is 23.1 Å². The van der Waals surface area contributed by atoms with Crippen molar-refractivity contribution in [2.45, 2.75) is 12.7 Å². The normalized spacial score (nSPS) is 11.7. The third-order valence-corrected chi connectivity index (χ3v) is 2.41. The van der Waals surface area contributed by atoms with Gasteiger partial charge in [-0.3, -0.25) is 9.69 Å². The molecule has 20 heavy (non-hydrogen) atoms. The van der Waals surface area contributed by atoms with Crippen molar-refractivity contribution in [3.63, 3.8) is 0 Å². The number of alkyl halides is 3. The molecule has 0 aromatic heterocycles. The summed E-state index contributed by atoms with van der Waals surface area (Å²) >= 11 is 0. The van der Waals surface area contributed by atoms with E-state index in [-0.39, 0.29) is 18.0 Å². The lowest BCUT2D eigenvalue weighted by molar-refractivity contribution is -0.154. The highest BCUT2D eigenvalue weighted by Crippen LogP contribution is 2.27. The first-order chi connectivity index (χ1) is 9.21. The number of carbonyl (C=O) groups is 1. The van der Waals surface area contributed by atoms with Gasteiger partial charge in [0.15, 0.2) is 11.5 Å². The van der Waals surface area contributed by atoms with Crippen molar-refractivity contribution in [3.05, 3.63) is 23.8 Å². The third-order valence-electron chi connectivity index (χ3n) is 2.41. The first-order valence-electron chi connectivity index (χ1n) is 5.58. The Bertz CT molecular complexity index is 476. The van der Waals surface area contributed by atoms with Crippen LogP contribution < -0.4 is 4.74 Å². The average Bonchev–Trinajstić information content (AvgIpc) is 2.28. The molecule has 0 unspecified atom stereocenters. The number of benzene rings is 1. The lowest BCUT2D eigenvalue weighted by Crippen LogP contribution is -2.37. The fourth-order valence-electron chi connectivity index (χ4n) is 1.69. The van der Waals surface area contributed by atoms with Crippen LogP contribution in [0.15, 0.2) is 18.2 Å². The van der Waals surface area contributed by atoms with Crippen LogP contribution in [0.1, 0.15) is 5.56 Å². The van der Waals surface area contributed by atoms with E-state index in [1.54, 1.807) is 0 Å². The van der Waals surface area contributed by atoms with Gasteiger partial charge in [-0.25, -0.2) is 0 Å². The number of methoxy groups -OCH3 is 1. The zero-order chi connectivity index (χ0) is 15.3. The summed E-state index contributed by atoms with van der Waals surface area (Å²) in [5.41, 5.74) is 0.408. The molecule has 0 saturated carbocycles. The van der Waals surface area contributed by atoms with Crippen molar-refractivity contribution in [3.8, 4) is 11.5 Å². The highest BCUT2D eigenvalue weighted by molar-refractivity contribution is 5.69. The van der Waals surface area contributed by atoms with Crippen LogP contribution in [0.25, 0.3) is 0 Å². The molecule has 1 aromatic carbocycles. The van der Waals surface area contributed by atoms with Gasteiger partial charge in [0.05, 0.1) is 20.2 Å². The van der Waals surface area contributed by atoms with E-state index in [1.807, 2.05) is 0 Å². The number of aliphatic carboxylic acids is 1. The van der Waals surface area contributed by atoms with Crippen LogP contribution in [-0.2, 0) is 11.3 Å². The monoisotopic (exact) mass is 293 g/mol. The Hall–Kier alpha value is -1.96. The van der Waals surface area contributed by atoms with Crippen LogP contribution in [-0.4, -0.2) is 47.5 Å². The molecule has 0 radical (unpaired) electrons. The number of halogens is 3. The third kappa shape index (κ3) is 5.35. The summed E-state index contributed by atoms with van der Waals surface area (Å²) in [6.45, 7) is -2.28. The minimum atomic E-state index is -4.49. The molecule has 5 nitrogen and oxygen atoms in total. The van der Waals surface area contributed by atoms with Crippen LogP contribution in [0.5, 0.6) is 11.5 Å². The second kappa shape index (κ2) is 6.47. The molecule has 0 amide bonds. The maximum atomic E-state index is 12.4. The predicted molar refractivity (Wildman–Crippen MR) is 63.6 cm³/mol. The van der Waals surface area contributed by atoms with Crippen LogP contribution in [0.2, 0.25) is 0 Å². The highest BCUT2D eigenvalue weighted by Gasteiger charge is 2.31. The standard InChI is InChI=1S/C12H14F3NO4/c1-20-10-4-8(2-3-9(10)17)5-16(6-11(18)19)7-12(13,14)15/h2-4,17H,5-7H2,1H3,(H,18,19). The molecule has 0 aliphatic heterocycles. The molecule has 0 spiro atoms. The summed E-state index contributed by atoms with van der Waals surface area (Å²) < 4.78 is 41.9. The Morgan fingerprint density at radius 1 is 1.40 bits per heavy atom. The van der Waals surface area contributed by atoms with E-state index in [1.165, 1.54) is 25.3 Å².